The van der Waals surface area contributed by atoms with Gasteiger partial charge in [0.15, 0.2) is 0 Å². The topological polar surface area (TPSA) is 60.2 Å². The lowest BCUT2D eigenvalue weighted by Gasteiger charge is -2.24. The van der Waals surface area contributed by atoms with Crippen molar-refractivity contribution in [1.29, 1.82) is 0 Å². The Morgan fingerprint density at radius 3 is 2.94 bits per heavy atom. The van der Waals surface area contributed by atoms with E-state index in [1.165, 1.54) is 10.9 Å². The number of aromatic nitrogens is 3. The minimum absolute atomic E-state index is 0.0626. The van der Waals surface area contributed by atoms with Crippen LogP contribution in [0.15, 0.2) is 79.5 Å². The molecule has 1 aliphatic heterocycles. The van der Waals surface area contributed by atoms with Crippen molar-refractivity contribution in [3.63, 3.8) is 0 Å². The smallest absolute Gasteiger partial charge is 0.253 e. The Balaban J connectivity index is 1.32. The van der Waals surface area contributed by atoms with Crippen molar-refractivity contribution < 1.29 is 9.53 Å². The van der Waals surface area contributed by atoms with Gasteiger partial charge in [0.1, 0.15) is 0 Å². The number of nitrogens with zero attached hydrogens (tertiary/aromatic N) is 4. The third-order valence-corrected chi connectivity index (χ3v) is 5.97. The number of fused-ring (bicyclic) bond motifs is 1. The molecular weight excluding hydrogens is 400 g/mol. The van der Waals surface area contributed by atoms with Crippen LogP contribution in [0.5, 0.6) is 0 Å². The van der Waals surface area contributed by atoms with Gasteiger partial charge in [-0.3, -0.25) is 9.78 Å². The summed E-state index contributed by atoms with van der Waals surface area (Å²) in [6.07, 6.45) is 8.15. The van der Waals surface area contributed by atoms with Crippen molar-refractivity contribution in [3.8, 4) is 0 Å². The van der Waals surface area contributed by atoms with E-state index in [-0.39, 0.29) is 11.8 Å². The summed E-state index contributed by atoms with van der Waals surface area (Å²) in [4.78, 5) is 23.9. The van der Waals surface area contributed by atoms with Crippen molar-refractivity contribution in [2.75, 3.05) is 26.3 Å². The molecule has 1 aliphatic rings. The van der Waals surface area contributed by atoms with Crippen LogP contribution in [0.25, 0.3) is 10.9 Å². The van der Waals surface area contributed by atoms with Crippen LogP contribution in [0.3, 0.4) is 0 Å². The van der Waals surface area contributed by atoms with Crippen LogP contribution in [0, 0.1) is 5.92 Å². The molecule has 2 aromatic heterocycles. The highest BCUT2D eigenvalue weighted by Crippen LogP contribution is 2.22. The Bertz CT molecular complexity index is 1200. The van der Waals surface area contributed by atoms with E-state index in [4.69, 9.17) is 4.74 Å². The summed E-state index contributed by atoms with van der Waals surface area (Å²) in [6.45, 7) is 3.20. The quantitative estimate of drug-likeness (QED) is 0.487. The predicted octanol–water partition coefficient (Wildman–Crippen LogP) is 3.81. The first kappa shape index (κ1) is 20.4. The molecule has 1 amide bonds. The lowest BCUT2D eigenvalue weighted by Crippen LogP contribution is -2.36. The largest absolute Gasteiger partial charge is 0.379 e. The monoisotopic (exact) mass is 426 g/mol. The lowest BCUT2D eigenvalue weighted by atomic mass is 9.96. The molecule has 1 saturated heterocycles. The second kappa shape index (κ2) is 9.32. The Hall–Kier alpha value is -3.51. The van der Waals surface area contributed by atoms with E-state index >= 15 is 0 Å². The maximum absolute atomic E-state index is 13.4. The third-order valence-electron chi connectivity index (χ3n) is 5.97. The van der Waals surface area contributed by atoms with Gasteiger partial charge in [0.2, 0.25) is 0 Å². The molecule has 6 heteroatoms. The van der Waals surface area contributed by atoms with Crippen LogP contribution in [0.4, 0.5) is 0 Å². The summed E-state index contributed by atoms with van der Waals surface area (Å²) in [5, 5.41) is 1.17. The van der Waals surface area contributed by atoms with Gasteiger partial charge in [-0.05, 0) is 41.8 Å². The van der Waals surface area contributed by atoms with Gasteiger partial charge in [0, 0.05) is 55.1 Å². The number of benzene rings is 2. The number of hydrogen-bond acceptors (Lipinski definition) is 4. The molecule has 4 aromatic rings. The molecule has 3 heterocycles. The van der Waals surface area contributed by atoms with Crippen molar-refractivity contribution >= 4 is 16.8 Å². The molecule has 1 unspecified atom stereocenters. The number of rotatable bonds is 5. The van der Waals surface area contributed by atoms with Gasteiger partial charge < -0.3 is 14.2 Å². The molecular formula is C26H26N4O2. The molecule has 5 rings (SSSR count). The summed E-state index contributed by atoms with van der Waals surface area (Å²) in [6, 6.07) is 18.2. The van der Waals surface area contributed by atoms with E-state index in [9.17, 15) is 4.79 Å². The zero-order valence-corrected chi connectivity index (χ0v) is 17.9. The van der Waals surface area contributed by atoms with Crippen LogP contribution in [-0.2, 0) is 17.7 Å². The predicted molar refractivity (Wildman–Crippen MR) is 123 cm³/mol. The number of carbonyl (C=O) groups excluding carboxylic acids is 1. The number of hydrogen-bond donors (Lipinski definition) is 0. The molecule has 0 aliphatic carbocycles. The molecule has 2 aromatic carbocycles. The van der Waals surface area contributed by atoms with E-state index in [1.54, 1.807) is 12.5 Å². The Morgan fingerprint density at radius 1 is 1.09 bits per heavy atom. The van der Waals surface area contributed by atoms with Gasteiger partial charge in [0.25, 0.3) is 5.91 Å². The zero-order chi connectivity index (χ0) is 21.8. The van der Waals surface area contributed by atoms with Gasteiger partial charge in [-0.25, -0.2) is 4.98 Å². The highest BCUT2D eigenvalue weighted by atomic mass is 16.5. The summed E-state index contributed by atoms with van der Waals surface area (Å²) in [5.41, 5.74) is 4.06. The van der Waals surface area contributed by atoms with Gasteiger partial charge in [-0.1, -0.05) is 30.3 Å². The second-order valence-corrected chi connectivity index (χ2v) is 8.32. The number of ether oxygens (including phenoxy) is 1. The molecule has 0 spiro atoms. The molecule has 0 N–H and O–H groups in total. The van der Waals surface area contributed by atoms with Gasteiger partial charge in [-0.15, -0.1) is 0 Å². The summed E-state index contributed by atoms with van der Waals surface area (Å²) in [5.74, 6) is 0.300. The second-order valence-electron chi connectivity index (χ2n) is 8.32. The standard InChI is InChI=1S/C26H26N4O2/c31-26(23-6-1-4-20(14-23)16-29-11-10-27-19-29)30-12-13-32-18-21(17-30)15-22-5-2-8-25-24(22)7-3-9-28-25/h1-11,14,19,21H,12-13,15-18H2. The highest BCUT2D eigenvalue weighted by molar-refractivity contribution is 5.94. The van der Waals surface area contributed by atoms with Crippen LogP contribution in [-0.4, -0.2) is 51.6 Å². The average Bonchev–Trinajstić information content (AvgIpc) is 3.22. The Morgan fingerprint density at radius 2 is 2.03 bits per heavy atom. The van der Waals surface area contributed by atoms with Crippen molar-refractivity contribution in [3.05, 3.63) is 96.2 Å². The zero-order valence-electron chi connectivity index (χ0n) is 17.9. The lowest BCUT2D eigenvalue weighted by molar-refractivity contribution is 0.0737. The van der Waals surface area contributed by atoms with Crippen LogP contribution < -0.4 is 0 Å². The minimum atomic E-state index is 0.0626. The molecule has 1 atom stereocenters. The Labute approximate surface area is 187 Å². The molecule has 162 valence electrons. The summed E-state index contributed by atoms with van der Waals surface area (Å²) >= 11 is 0. The van der Waals surface area contributed by atoms with Gasteiger partial charge >= 0.3 is 0 Å². The first-order chi connectivity index (χ1) is 15.8. The average molecular weight is 427 g/mol. The minimum Gasteiger partial charge on any atom is -0.379 e. The number of imidazole rings is 1. The van der Waals surface area contributed by atoms with E-state index in [2.05, 4.69) is 28.2 Å². The van der Waals surface area contributed by atoms with Crippen molar-refractivity contribution in [2.45, 2.75) is 13.0 Å². The fourth-order valence-electron chi connectivity index (χ4n) is 4.42. The molecule has 32 heavy (non-hydrogen) atoms. The van der Waals surface area contributed by atoms with E-state index in [1.807, 2.05) is 58.3 Å². The fourth-order valence-corrected chi connectivity index (χ4v) is 4.42. The highest BCUT2D eigenvalue weighted by Gasteiger charge is 2.24. The number of carbonyl (C=O) groups is 1. The third kappa shape index (κ3) is 4.55. The maximum atomic E-state index is 13.4. The van der Waals surface area contributed by atoms with E-state index in [0.29, 0.717) is 32.8 Å². The maximum Gasteiger partial charge on any atom is 0.253 e. The van der Waals surface area contributed by atoms with Crippen LogP contribution in [0.1, 0.15) is 21.5 Å². The SMILES string of the molecule is O=C(c1cccc(Cn2ccnc2)c1)N1CCOCC(Cc2cccc3ncccc23)C1. The first-order valence-electron chi connectivity index (χ1n) is 11.0. The van der Waals surface area contributed by atoms with Crippen LogP contribution in [0.2, 0.25) is 0 Å². The number of amides is 1. The van der Waals surface area contributed by atoms with Gasteiger partial charge in [-0.2, -0.15) is 0 Å². The van der Waals surface area contributed by atoms with E-state index < -0.39 is 0 Å². The number of pyridine rings is 1. The fraction of sp³-hybridized carbons (Fsp3) is 0.269. The molecule has 1 fully saturated rings. The molecule has 0 saturated carbocycles. The summed E-state index contributed by atoms with van der Waals surface area (Å²) in [7, 11) is 0. The molecule has 0 radical (unpaired) electrons. The summed E-state index contributed by atoms with van der Waals surface area (Å²) < 4.78 is 7.88. The van der Waals surface area contributed by atoms with E-state index in [0.717, 1.165) is 23.1 Å². The van der Waals surface area contributed by atoms with Crippen molar-refractivity contribution in [1.82, 2.24) is 19.4 Å². The van der Waals surface area contributed by atoms with Crippen molar-refractivity contribution in [2.24, 2.45) is 5.92 Å². The molecule has 6 nitrogen and oxygen atoms in total. The van der Waals surface area contributed by atoms with Crippen LogP contribution >= 0.6 is 0 Å². The molecule has 0 bridgehead atoms. The Kier molecular flexibility index (Phi) is 5.94. The first-order valence-corrected chi connectivity index (χ1v) is 11.0. The normalized spacial score (nSPS) is 16.8. The van der Waals surface area contributed by atoms with Gasteiger partial charge in [0.05, 0.1) is 25.1 Å².